The molecule has 0 saturated carbocycles. The van der Waals surface area contributed by atoms with E-state index in [9.17, 15) is 4.79 Å². The van der Waals surface area contributed by atoms with Gasteiger partial charge in [-0.15, -0.1) is 0 Å². The number of benzene rings is 1. The molecule has 0 aliphatic heterocycles. The van der Waals surface area contributed by atoms with Gasteiger partial charge in [-0.3, -0.25) is 4.79 Å². The molecule has 1 heterocycles. The van der Waals surface area contributed by atoms with E-state index in [-0.39, 0.29) is 12.0 Å². The number of hydrogen-bond acceptors (Lipinski definition) is 4. The molecule has 0 radical (unpaired) electrons. The molecule has 22 heavy (non-hydrogen) atoms. The Hall–Kier alpha value is -2.43. The first-order chi connectivity index (χ1) is 10.4. The van der Waals surface area contributed by atoms with Crippen molar-refractivity contribution in [3.05, 3.63) is 54.0 Å². The highest BCUT2D eigenvalue weighted by Crippen LogP contribution is 2.18. The zero-order valence-corrected chi connectivity index (χ0v) is 12.9. The van der Waals surface area contributed by atoms with Gasteiger partial charge in [-0.2, -0.15) is 0 Å². The molecule has 0 spiro atoms. The minimum Gasteiger partial charge on any atom is -0.481 e. The zero-order chi connectivity index (χ0) is 16.0. The van der Waals surface area contributed by atoms with Crippen molar-refractivity contribution in [1.29, 1.82) is 0 Å². The minimum atomic E-state index is -0.790. The molecule has 2 N–H and O–H groups in total. The summed E-state index contributed by atoms with van der Waals surface area (Å²) in [6.45, 7) is 3.93. The van der Waals surface area contributed by atoms with E-state index in [1.165, 1.54) is 0 Å². The van der Waals surface area contributed by atoms with Crippen LogP contribution < -0.4 is 5.32 Å². The van der Waals surface area contributed by atoms with Crippen molar-refractivity contribution in [2.24, 2.45) is 0 Å². The Labute approximate surface area is 130 Å². The fourth-order valence-corrected chi connectivity index (χ4v) is 2.16. The Kier molecular flexibility index (Phi) is 5.09. The van der Waals surface area contributed by atoms with Gasteiger partial charge in [0.15, 0.2) is 0 Å². The molecule has 5 nitrogen and oxygen atoms in total. The standard InChI is InChI=1S/C17H21N3O2/c1-17(2,10-8-16(21)22)20-14-9-11-18-15(19-14)12-13-6-4-3-5-7-13/h3-7,9,11H,8,10,12H2,1-2H3,(H,21,22)(H,18,19,20). The van der Waals surface area contributed by atoms with Crippen LogP contribution >= 0.6 is 0 Å². The smallest absolute Gasteiger partial charge is 0.303 e. The van der Waals surface area contributed by atoms with Crippen LogP contribution in [0, 0.1) is 0 Å². The first kappa shape index (κ1) is 15.9. The van der Waals surface area contributed by atoms with Crippen LogP contribution in [0.25, 0.3) is 0 Å². The molecule has 2 rings (SSSR count). The van der Waals surface area contributed by atoms with E-state index in [1.807, 2.05) is 44.2 Å². The highest BCUT2D eigenvalue weighted by Gasteiger charge is 2.19. The topological polar surface area (TPSA) is 75.1 Å². The van der Waals surface area contributed by atoms with Crippen LogP contribution in [0.5, 0.6) is 0 Å². The van der Waals surface area contributed by atoms with Crippen LogP contribution in [-0.4, -0.2) is 26.6 Å². The molecule has 2 aromatic rings. The summed E-state index contributed by atoms with van der Waals surface area (Å²) in [6, 6.07) is 11.9. The van der Waals surface area contributed by atoms with Gasteiger partial charge in [-0.05, 0) is 31.9 Å². The summed E-state index contributed by atoms with van der Waals surface area (Å²) >= 11 is 0. The van der Waals surface area contributed by atoms with Gasteiger partial charge < -0.3 is 10.4 Å². The lowest BCUT2D eigenvalue weighted by Crippen LogP contribution is -2.32. The van der Waals surface area contributed by atoms with Crippen molar-refractivity contribution < 1.29 is 9.90 Å². The maximum absolute atomic E-state index is 10.7. The molecule has 0 amide bonds. The van der Waals surface area contributed by atoms with Gasteiger partial charge in [0.05, 0.1) is 0 Å². The van der Waals surface area contributed by atoms with Crippen LogP contribution in [0.2, 0.25) is 0 Å². The number of anilines is 1. The quantitative estimate of drug-likeness (QED) is 0.821. The second-order valence-corrected chi connectivity index (χ2v) is 5.92. The summed E-state index contributed by atoms with van der Waals surface area (Å²) < 4.78 is 0. The Morgan fingerprint density at radius 3 is 2.64 bits per heavy atom. The SMILES string of the molecule is CC(C)(CCC(=O)O)Nc1ccnc(Cc2ccccc2)n1. The monoisotopic (exact) mass is 299 g/mol. The first-order valence-corrected chi connectivity index (χ1v) is 7.30. The molecule has 0 bridgehead atoms. The summed E-state index contributed by atoms with van der Waals surface area (Å²) in [4.78, 5) is 19.5. The van der Waals surface area contributed by atoms with Gasteiger partial charge in [0.25, 0.3) is 0 Å². The van der Waals surface area contributed by atoms with Crippen LogP contribution in [-0.2, 0) is 11.2 Å². The summed E-state index contributed by atoms with van der Waals surface area (Å²) in [5, 5.41) is 12.1. The second-order valence-electron chi connectivity index (χ2n) is 5.92. The molecular weight excluding hydrogens is 278 g/mol. The van der Waals surface area contributed by atoms with E-state index in [0.29, 0.717) is 12.8 Å². The summed E-state index contributed by atoms with van der Waals surface area (Å²) in [7, 11) is 0. The van der Waals surface area contributed by atoms with Crippen LogP contribution in [0.3, 0.4) is 0 Å². The third-order valence-electron chi connectivity index (χ3n) is 3.34. The second kappa shape index (κ2) is 7.02. The van der Waals surface area contributed by atoms with E-state index in [1.54, 1.807) is 12.3 Å². The summed E-state index contributed by atoms with van der Waals surface area (Å²) in [5.41, 5.74) is 0.821. The molecule has 1 aromatic heterocycles. The molecule has 116 valence electrons. The summed E-state index contributed by atoms with van der Waals surface area (Å²) in [6.07, 6.45) is 3.05. The van der Waals surface area contributed by atoms with Crippen molar-refractivity contribution in [1.82, 2.24) is 9.97 Å². The minimum absolute atomic E-state index is 0.127. The molecule has 0 atom stereocenters. The average Bonchev–Trinajstić information content (AvgIpc) is 2.46. The van der Waals surface area contributed by atoms with Crippen molar-refractivity contribution in [2.45, 2.75) is 38.6 Å². The summed E-state index contributed by atoms with van der Waals surface area (Å²) in [5.74, 6) is 0.670. The van der Waals surface area contributed by atoms with Gasteiger partial charge in [0.2, 0.25) is 0 Å². The number of aromatic nitrogens is 2. The first-order valence-electron chi connectivity index (χ1n) is 7.30. The highest BCUT2D eigenvalue weighted by atomic mass is 16.4. The predicted octanol–water partition coefficient (Wildman–Crippen LogP) is 3.12. The van der Waals surface area contributed by atoms with Crippen molar-refractivity contribution >= 4 is 11.8 Å². The van der Waals surface area contributed by atoms with E-state index in [4.69, 9.17) is 5.11 Å². The van der Waals surface area contributed by atoms with Crippen molar-refractivity contribution in [3.63, 3.8) is 0 Å². The van der Waals surface area contributed by atoms with E-state index in [2.05, 4.69) is 15.3 Å². The van der Waals surface area contributed by atoms with Gasteiger partial charge in [0.1, 0.15) is 11.6 Å². The Morgan fingerprint density at radius 1 is 1.23 bits per heavy atom. The molecule has 0 aliphatic rings. The lowest BCUT2D eigenvalue weighted by Gasteiger charge is -2.26. The van der Waals surface area contributed by atoms with Crippen LogP contribution in [0.4, 0.5) is 5.82 Å². The van der Waals surface area contributed by atoms with E-state index in [0.717, 1.165) is 17.2 Å². The van der Waals surface area contributed by atoms with Crippen LogP contribution in [0.15, 0.2) is 42.6 Å². The number of carbonyl (C=O) groups is 1. The number of nitrogens with one attached hydrogen (secondary N) is 1. The van der Waals surface area contributed by atoms with Gasteiger partial charge in [-0.25, -0.2) is 9.97 Å². The van der Waals surface area contributed by atoms with Gasteiger partial charge in [0, 0.05) is 24.6 Å². The average molecular weight is 299 g/mol. The zero-order valence-electron chi connectivity index (χ0n) is 12.9. The fraction of sp³-hybridized carbons (Fsp3) is 0.353. The van der Waals surface area contributed by atoms with Gasteiger partial charge in [-0.1, -0.05) is 30.3 Å². The number of rotatable bonds is 7. The van der Waals surface area contributed by atoms with E-state index >= 15 is 0 Å². The van der Waals surface area contributed by atoms with Crippen molar-refractivity contribution in [2.75, 3.05) is 5.32 Å². The third-order valence-corrected chi connectivity index (χ3v) is 3.34. The molecular formula is C17H21N3O2. The molecule has 0 aliphatic carbocycles. The highest BCUT2D eigenvalue weighted by molar-refractivity contribution is 5.66. The Bertz CT molecular complexity index is 627. The predicted molar refractivity (Wildman–Crippen MR) is 85.9 cm³/mol. The van der Waals surface area contributed by atoms with Gasteiger partial charge >= 0.3 is 5.97 Å². The van der Waals surface area contributed by atoms with Crippen LogP contribution in [0.1, 0.15) is 38.1 Å². The maximum Gasteiger partial charge on any atom is 0.303 e. The lowest BCUT2D eigenvalue weighted by atomic mass is 9.98. The normalized spacial score (nSPS) is 11.2. The fourth-order valence-electron chi connectivity index (χ4n) is 2.16. The number of nitrogens with zero attached hydrogens (tertiary/aromatic N) is 2. The molecule has 0 saturated heterocycles. The lowest BCUT2D eigenvalue weighted by molar-refractivity contribution is -0.137. The largest absolute Gasteiger partial charge is 0.481 e. The van der Waals surface area contributed by atoms with E-state index < -0.39 is 5.97 Å². The number of carboxylic acids is 1. The molecule has 1 aromatic carbocycles. The number of hydrogen-bond donors (Lipinski definition) is 2. The molecule has 5 heteroatoms. The Balaban J connectivity index is 2.03. The maximum atomic E-state index is 10.7. The number of carboxylic acid groups (broad SMARTS) is 1. The third kappa shape index (κ3) is 5.16. The molecule has 0 fully saturated rings. The molecule has 0 unspecified atom stereocenters. The van der Waals surface area contributed by atoms with Crippen molar-refractivity contribution in [3.8, 4) is 0 Å². The number of aliphatic carboxylic acids is 1. The Morgan fingerprint density at radius 2 is 1.95 bits per heavy atom.